The smallest absolute Gasteiger partial charge is 0.115 e. The molecule has 2 bridgehead atoms. The first-order chi connectivity index (χ1) is 8.26. The van der Waals surface area contributed by atoms with Crippen molar-refractivity contribution in [2.45, 2.75) is 31.8 Å². The molecule has 2 aliphatic rings. The van der Waals surface area contributed by atoms with Crippen LogP contribution in [0.2, 0.25) is 0 Å². The van der Waals surface area contributed by atoms with Gasteiger partial charge >= 0.3 is 0 Å². The van der Waals surface area contributed by atoms with E-state index in [4.69, 9.17) is 0 Å². The van der Waals surface area contributed by atoms with Gasteiger partial charge in [0.2, 0.25) is 0 Å². The van der Waals surface area contributed by atoms with Gasteiger partial charge in [0.1, 0.15) is 12.4 Å². The molecule has 1 aromatic rings. The maximum absolute atomic E-state index is 10.5. The van der Waals surface area contributed by atoms with Gasteiger partial charge in [-0.05, 0) is 37.2 Å². The Morgan fingerprint density at radius 1 is 1.53 bits per heavy atom. The summed E-state index contributed by atoms with van der Waals surface area (Å²) in [6, 6.07) is 4.10. The molecule has 1 heterocycles. The molecule has 4 nitrogen and oxygen atoms in total. The molecule has 3 rings (SSSR count). The summed E-state index contributed by atoms with van der Waals surface area (Å²) in [4.78, 5) is 7.93. The van der Waals surface area contributed by atoms with E-state index in [2.05, 4.69) is 16.0 Å². The van der Waals surface area contributed by atoms with Crippen LogP contribution in [-0.4, -0.2) is 15.1 Å². The lowest BCUT2D eigenvalue weighted by atomic mass is 9.69. The normalized spacial score (nSPS) is 36.7. The van der Waals surface area contributed by atoms with Crippen LogP contribution in [0.1, 0.15) is 37.5 Å². The van der Waals surface area contributed by atoms with Crippen LogP contribution in [0.25, 0.3) is 0 Å². The van der Waals surface area contributed by atoms with Crippen LogP contribution in [0, 0.1) is 28.6 Å². The van der Waals surface area contributed by atoms with Crippen molar-refractivity contribution in [2.24, 2.45) is 17.3 Å². The Balaban J connectivity index is 1.95. The molecule has 0 radical (unpaired) electrons. The third-order valence-electron chi connectivity index (χ3n) is 4.48. The molecule has 4 heteroatoms. The molecule has 0 aliphatic heterocycles. The van der Waals surface area contributed by atoms with Gasteiger partial charge in [-0.1, -0.05) is 6.42 Å². The second kappa shape index (κ2) is 3.78. The molecular formula is C13H15N3O. The minimum atomic E-state index is -0.772. The van der Waals surface area contributed by atoms with Crippen LogP contribution < -0.4 is 0 Å². The highest BCUT2D eigenvalue weighted by atomic mass is 16.3. The van der Waals surface area contributed by atoms with Gasteiger partial charge in [0.15, 0.2) is 0 Å². The number of hydrogen-bond acceptors (Lipinski definition) is 4. The molecule has 17 heavy (non-hydrogen) atoms. The van der Waals surface area contributed by atoms with Crippen LogP contribution in [0.5, 0.6) is 0 Å². The zero-order valence-corrected chi connectivity index (χ0v) is 9.58. The number of nitrogens with zero attached hydrogens (tertiary/aromatic N) is 3. The van der Waals surface area contributed by atoms with E-state index < -0.39 is 11.5 Å². The Hall–Kier alpha value is -1.47. The average Bonchev–Trinajstić information content (AvgIpc) is 2.99. The van der Waals surface area contributed by atoms with Crippen molar-refractivity contribution in [1.29, 1.82) is 5.26 Å². The third-order valence-corrected chi connectivity index (χ3v) is 4.48. The summed E-state index contributed by atoms with van der Waals surface area (Å²) in [7, 11) is 0. The second-order valence-corrected chi connectivity index (χ2v) is 5.27. The van der Waals surface area contributed by atoms with Crippen molar-refractivity contribution in [1.82, 2.24) is 9.97 Å². The number of aliphatic hydroxyl groups excluding tert-OH is 1. The standard InChI is InChI=1S/C13H15N3O/c14-7-13(6-9-1-2-10(13)5-9)12(17)11-3-4-15-8-16-11/h3-4,8-10,12,17H,1-2,5-6H2. The first-order valence-electron chi connectivity index (χ1n) is 6.11. The molecule has 2 fully saturated rings. The molecule has 4 atom stereocenters. The highest BCUT2D eigenvalue weighted by molar-refractivity contribution is 5.20. The molecule has 0 saturated heterocycles. The van der Waals surface area contributed by atoms with E-state index in [-0.39, 0.29) is 0 Å². The Bertz CT molecular complexity index is 455. The Labute approximate surface area is 100 Å². The number of hydrogen-bond donors (Lipinski definition) is 1. The Morgan fingerprint density at radius 2 is 2.41 bits per heavy atom. The Kier molecular flexibility index (Phi) is 2.37. The largest absolute Gasteiger partial charge is 0.385 e. The number of nitriles is 1. The summed E-state index contributed by atoms with van der Waals surface area (Å²) >= 11 is 0. The van der Waals surface area contributed by atoms with Gasteiger partial charge in [0, 0.05) is 6.20 Å². The molecule has 0 spiro atoms. The van der Waals surface area contributed by atoms with Crippen molar-refractivity contribution < 1.29 is 5.11 Å². The number of aromatic nitrogens is 2. The van der Waals surface area contributed by atoms with E-state index in [1.807, 2.05) is 0 Å². The van der Waals surface area contributed by atoms with Gasteiger partial charge in [-0.15, -0.1) is 0 Å². The topological polar surface area (TPSA) is 69.8 Å². The first-order valence-corrected chi connectivity index (χ1v) is 6.11. The van der Waals surface area contributed by atoms with Crippen molar-refractivity contribution >= 4 is 0 Å². The molecule has 88 valence electrons. The van der Waals surface area contributed by atoms with Crippen molar-refractivity contribution in [3.63, 3.8) is 0 Å². The van der Waals surface area contributed by atoms with Crippen LogP contribution in [0.4, 0.5) is 0 Å². The third kappa shape index (κ3) is 1.46. The van der Waals surface area contributed by atoms with Gasteiger partial charge in [-0.3, -0.25) is 0 Å². The molecular weight excluding hydrogens is 214 g/mol. The Morgan fingerprint density at radius 3 is 2.94 bits per heavy atom. The summed E-state index contributed by atoms with van der Waals surface area (Å²) in [5.41, 5.74) is -0.0359. The van der Waals surface area contributed by atoms with Crippen LogP contribution in [0.15, 0.2) is 18.6 Å². The SMILES string of the molecule is N#CC1(C(O)c2ccncn2)CC2CCC1C2. The first kappa shape index (κ1) is 10.7. The summed E-state index contributed by atoms with van der Waals surface area (Å²) < 4.78 is 0. The second-order valence-electron chi connectivity index (χ2n) is 5.27. The summed E-state index contributed by atoms with van der Waals surface area (Å²) in [6.07, 6.45) is 6.46. The van der Waals surface area contributed by atoms with Crippen LogP contribution >= 0.6 is 0 Å². The van der Waals surface area contributed by atoms with E-state index in [0.717, 1.165) is 19.3 Å². The van der Waals surface area contributed by atoms with Crippen molar-refractivity contribution in [3.8, 4) is 6.07 Å². The highest BCUT2D eigenvalue weighted by Crippen LogP contribution is 2.60. The minimum absolute atomic E-state index is 0.336. The van der Waals surface area contributed by atoms with Gasteiger partial charge < -0.3 is 5.11 Å². The lowest BCUT2D eigenvalue weighted by molar-refractivity contribution is 0.0202. The zero-order valence-electron chi connectivity index (χ0n) is 9.58. The maximum Gasteiger partial charge on any atom is 0.115 e. The van der Waals surface area contributed by atoms with E-state index in [9.17, 15) is 10.4 Å². The van der Waals surface area contributed by atoms with Crippen molar-refractivity contribution in [3.05, 3.63) is 24.3 Å². The maximum atomic E-state index is 10.5. The fraction of sp³-hybridized carbons (Fsp3) is 0.615. The molecule has 0 amide bonds. The van der Waals surface area contributed by atoms with E-state index in [1.54, 1.807) is 12.3 Å². The number of fused-ring (bicyclic) bond motifs is 2. The molecule has 4 unspecified atom stereocenters. The van der Waals surface area contributed by atoms with Gasteiger partial charge in [0.25, 0.3) is 0 Å². The predicted octanol–water partition coefficient (Wildman–Crippen LogP) is 1.84. The molecule has 2 aliphatic carbocycles. The van der Waals surface area contributed by atoms with Crippen molar-refractivity contribution in [2.75, 3.05) is 0 Å². The predicted molar refractivity (Wildman–Crippen MR) is 60.5 cm³/mol. The summed E-state index contributed by atoms with van der Waals surface area (Å²) in [5, 5.41) is 20.0. The van der Waals surface area contributed by atoms with Gasteiger partial charge in [0.05, 0.1) is 17.2 Å². The van der Waals surface area contributed by atoms with Crippen LogP contribution in [-0.2, 0) is 0 Å². The van der Waals surface area contributed by atoms with E-state index in [1.165, 1.54) is 12.7 Å². The quantitative estimate of drug-likeness (QED) is 0.840. The highest BCUT2D eigenvalue weighted by Gasteiger charge is 2.56. The monoisotopic (exact) mass is 229 g/mol. The fourth-order valence-corrected chi connectivity index (χ4v) is 3.63. The number of rotatable bonds is 2. The molecule has 1 aromatic heterocycles. The summed E-state index contributed by atoms with van der Waals surface area (Å²) in [5.74, 6) is 0.957. The zero-order chi connectivity index (χ0) is 11.9. The molecule has 1 N–H and O–H groups in total. The van der Waals surface area contributed by atoms with Crippen LogP contribution in [0.3, 0.4) is 0 Å². The van der Waals surface area contributed by atoms with Gasteiger partial charge in [-0.25, -0.2) is 9.97 Å². The minimum Gasteiger partial charge on any atom is -0.385 e. The molecule has 2 saturated carbocycles. The lowest BCUT2D eigenvalue weighted by Crippen LogP contribution is -2.33. The number of aliphatic hydroxyl groups is 1. The lowest BCUT2D eigenvalue weighted by Gasteiger charge is -2.34. The molecule has 0 aromatic carbocycles. The van der Waals surface area contributed by atoms with Gasteiger partial charge in [-0.2, -0.15) is 5.26 Å². The van der Waals surface area contributed by atoms with E-state index >= 15 is 0 Å². The van der Waals surface area contributed by atoms with E-state index in [0.29, 0.717) is 17.5 Å². The fourth-order valence-electron chi connectivity index (χ4n) is 3.63. The summed E-state index contributed by atoms with van der Waals surface area (Å²) in [6.45, 7) is 0. The average molecular weight is 229 g/mol.